The van der Waals surface area contributed by atoms with Crippen molar-refractivity contribution >= 4 is 27.6 Å². The maximum Gasteiger partial charge on any atom is 0.336 e. The zero-order valence-electron chi connectivity index (χ0n) is 10.3. The molecule has 1 aromatic carbocycles. The fourth-order valence-corrected chi connectivity index (χ4v) is 1.98. The average Bonchev–Trinajstić information content (AvgIpc) is 2.29. The van der Waals surface area contributed by atoms with Gasteiger partial charge in [0, 0.05) is 6.54 Å². The first kappa shape index (κ1) is 14.9. The van der Waals surface area contributed by atoms with Crippen LogP contribution in [-0.2, 0) is 0 Å². The van der Waals surface area contributed by atoms with Gasteiger partial charge in [-0.3, -0.25) is 0 Å². The molecule has 4 nitrogen and oxygen atoms in total. The largest absolute Gasteiger partial charge is 0.478 e. The summed E-state index contributed by atoms with van der Waals surface area (Å²) in [5.41, 5.74) is 0.233. The number of hydrogen-bond acceptors (Lipinski definition) is 3. The molecule has 0 aliphatic carbocycles. The Morgan fingerprint density at radius 3 is 2.72 bits per heavy atom. The molecule has 0 saturated heterocycles. The molecule has 0 bridgehead atoms. The SMILES string of the molecule is CN(C)CCCNc1ccc(C(=O)O)c(Br)c1F. The van der Waals surface area contributed by atoms with E-state index in [4.69, 9.17) is 5.11 Å². The summed E-state index contributed by atoms with van der Waals surface area (Å²) < 4.78 is 13.8. The van der Waals surface area contributed by atoms with Crippen molar-refractivity contribution in [2.24, 2.45) is 0 Å². The van der Waals surface area contributed by atoms with Crippen molar-refractivity contribution in [2.75, 3.05) is 32.5 Å². The van der Waals surface area contributed by atoms with E-state index in [-0.39, 0.29) is 10.0 Å². The lowest BCUT2D eigenvalue weighted by Gasteiger charge is -2.12. The van der Waals surface area contributed by atoms with Crippen LogP contribution in [0.4, 0.5) is 10.1 Å². The van der Waals surface area contributed by atoms with Gasteiger partial charge in [0.25, 0.3) is 0 Å². The van der Waals surface area contributed by atoms with E-state index in [1.54, 1.807) is 0 Å². The Kier molecular flexibility index (Phi) is 5.55. The Balaban J connectivity index is 2.68. The third-order valence-corrected chi connectivity index (χ3v) is 3.19. The van der Waals surface area contributed by atoms with Gasteiger partial charge in [0.1, 0.15) is 0 Å². The van der Waals surface area contributed by atoms with Crippen molar-refractivity contribution in [3.05, 3.63) is 28.0 Å². The second-order valence-corrected chi connectivity index (χ2v) is 4.97. The third kappa shape index (κ3) is 3.96. The fourth-order valence-electron chi connectivity index (χ4n) is 1.47. The lowest BCUT2D eigenvalue weighted by Crippen LogP contribution is -2.16. The lowest BCUT2D eigenvalue weighted by atomic mass is 10.2. The second kappa shape index (κ2) is 6.70. The molecule has 6 heteroatoms. The number of anilines is 1. The Labute approximate surface area is 114 Å². The number of carboxylic acids is 1. The van der Waals surface area contributed by atoms with Gasteiger partial charge in [-0.15, -0.1) is 0 Å². The molecular formula is C12H16BrFN2O2. The predicted molar refractivity (Wildman–Crippen MR) is 72.7 cm³/mol. The Hall–Kier alpha value is -1.14. The zero-order valence-corrected chi connectivity index (χ0v) is 11.9. The number of aromatic carboxylic acids is 1. The minimum Gasteiger partial charge on any atom is -0.478 e. The number of carbonyl (C=O) groups is 1. The van der Waals surface area contributed by atoms with E-state index in [0.29, 0.717) is 12.2 Å². The molecule has 100 valence electrons. The summed E-state index contributed by atoms with van der Waals surface area (Å²) in [6.45, 7) is 1.54. The van der Waals surface area contributed by atoms with Gasteiger partial charge in [-0.1, -0.05) is 0 Å². The van der Waals surface area contributed by atoms with E-state index in [9.17, 15) is 9.18 Å². The van der Waals surface area contributed by atoms with Gasteiger partial charge in [-0.05, 0) is 55.1 Å². The molecule has 0 saturated carbocycles. The van der Waals surface area contributed by atoms with Gasteiger partial charge in [-0.25, -0.2) is 9.18 Å². The number of rotatable bonds is 6. The number of carboxylic acid groups (broad SMARTS) is 1. The summed E-state index contributed by atoms with van der Waals surface area (Å²) >= 11 is 2.96. The van der Waals surface area contributed by atoms with E-state index < -0.39 is 11.8 Å². The van der Waals surface area contributed by atoms with E-state index in [1.165, 1.54) is 12.1 Å². The van der Waals surface area contributed by atoms with E-state index >= 15 is 0 Å². The third-order valence-electron chi connectivity index (χ3n) is 2.41. The smallest absolute Gasteiger partial charge is 0.336 e. The minimum atomic E-state index is -1.15. The summed E-state index contributed by atoms with van der Waals surface area (Å²) in [5, 5.41) is 11.8. The highest BCUT2D eigenvalue weighted by Crippen LogP contribution is 2.27. The molecule has 0 aromatic heterocycles. The van der Waals surface area contributed by atoms with Crippen LogP contribution in [0, 0.1) is 5.82 Å². The van der Waals surface area contributed by atoms with Crippen molar-refractivity contribution in [3.63, 3.8) is 0 Å². The molecule has 1 rings (SSSR count). The van der Waals surface area contributed by atoms with Crippen molar-refractivity contribution in [3.8, 4) is 0 Å². The van der Waals surface area contributed by atoms with Crippen LogP contribution in [0.25, 0.3) is 0 Å². The highest BCUT2D eigenvalue weighted by molar-refractivity contribution is 9.10. The standard InChI is InChI=1S/C12H16BrFN2O2/c1-16(2)7-3-6-15-9-5-4-8(12(17)18)10(13)11(9)14/h4-5,15H,3,6-7H2,1-2H3,(H,17,18). The summed E-state index contributed by atoms with van der Waals surface area (Å²) in [5.74, 6) is -1.72. The molecule has 0 unspecified atom stereocenters. The van der Waals surface area contributed by atoms with Gasteiger partial charge < -0.3 is 15.3 Å². The molecule has 2 N–H and O–H groups in total. The van der Waals surface area contributed by atoms with Crippen molar-refractivity contribution in [1.29, 1.82) is 0 Å². The fraction of sp³-hybridized carbons (Fsp3) is 0.417. The number of hydrogen-bond donors (Lipinski definition) is 2. The molecule has 1 aromatic rings. The van der Waals surface area contributed by atoms with Crippen LogP contribution < -0.4 is 5.32 Å². The van der Waals surface area contributed by atoms with Gasteiger partial charge in [0.05, 0.1) is 15.7 Å². The Bertz CT molecular complexity index is 438. The molecule has 0 radical (unpaired) electrons. The van der Waals surface area contributed by atoms with Gasteiger partial charge in [0.2, 0.25) is 0 Å². The quantitative estimate of drug-likeness (QED) is 0.792. The number of nitrogens with one attached hydrogen (secondary N) is 1. The van der Waals surface area contributed by atoms with Crippen LogP contribution in [0.15, 0.2) is 16.6 Å². The predicted octanol–water partition coefficient (Wildman–Crippen LogP) is 2.65. The number of nitrogens with zero attached hydrogens (tertiary/aromatic N) is 1. The first-order valence-electron chi connectivity index (χ1n) is 5.53. The van der Waals surface area contributed by atoms with Gasteiger partial charge >= 0.3 is 5.97 Å². The van der Waals surface area contributed by atoms with E-state index in [1.807, 2.05) is 19.0 Å². The molecule has 0 heterocycles. The Morgan fingerprint density at radius 1 is 1.50 bits per heavy atom. The van der Waals surface area contributed by atoms with Gasteiger partial charge in [0.15, 0.2) is 5.82 Å². The molecular weight excluding hydrogens is 303 g/mol. The second-order valence-electron chi connectivity index (χ2n) is 4.18. The highest BCUT2D eigenvalue weighted by atomic mass is 79.9. The van der Waals surface area contributed by atoms with Crippen molar-refractivity contribution in [2.45, 2.75) is 6.42 Å². The van der Waals surface area contributed by atoms with E-state index in [0.717, 1.165) is 13.0 Å². The minimum absolute atomic E-state index is 0.0207. The Morgan fingerprint density at radius 2 is 2.17 bits per heavy atom. The van der Waals surface area contributed by atoms with Crippen molar-refractivity contribution < 1.29 is 14.3 Å². The molecule has 18 heavy (non-hydrogen) atoms. The van der Waals surface area contributed by atoms with E-state index in [2.05, 4.69) is 21.2 Å². The average molecular weight is 319 g/mol. The van der Waals surface area contributed by atoms with Crippen molar-refractivity contribution in [1.82, 2.24) is 4.90 Å². The molecule has 0 aliphatic rings. The normalized spacial score (nSPS) is 10.7. The summed E-state index contributed by atoms with van der Waals surface area (Å²) in [7, 11) is 3.94. The molecule has 0 fully saturated rings. The molecule has 0 aliphatic heterocycles. The topological polar surface area (TPSA) is 52.6 Å². The lowest BCUT2D eigenvalue weighted by molar-refractivity contribution is 0.0695. The van der Waals surface area contributed by atoms with Crippen LogP contribution in [0.2, 0.25) is 0 Å². The highest BCUT2D eigenvalue weighted by Gasteiger charge is 2.15. The van der Waals surface area contributed by atoms with Crippen LogP contribution in [-0.4, -0.2) is 43.2 Å². The maximum absolute atomic E-state index is 13.8. The first-order chi connectivity index (χ1) is 8.43. The van der Waals surface area contributed by atoms with Crippen LogP contribution in [0.5, 0.6) is 0 Å². The molecule has 0 amide bonds. The number of halogens is 2. The summed E-state index contributed by atoms with van der Waals surface area (Å²) in [6, 6.07) is 2.82. The molecule has 0 atom stereocenters. The molecule has 0 spiro atoms. The summed E-state index contributed by atoms with van der Waals surface area (Å²) in [4.78, 5) is 12.8. The first-order valence-corrected chi connectivity index (χ1v) is 6.32. The monoisotopic (exact) mass is 318 g/mol. The van der Waals surface area contributed by atoms with Crippen LogP contribution >= 0.6 is 15.9 Å². The van der Waals surface area contributed by atoms with Gasteiger partial charge in [-0.2, -0.15) is 0 Å². The van der Waals surface area contributed by atoms with Crippen LogP contribution in [0.3, 0.4) is 0 Å². The maximum atomic E-state index is 13.8. The summed E-state index contributed by atoms with van der Waals surface area (Å²) in [6.07, 6.45) is 0.880. The zero-order chi connectivity index (χ0) is 13.7. The van der Waals surface area contributed by atoms with Crippen LogP contribution in [0.1, 0.15) is 16.8 Å². The number of benzene rings is 1.